The molecule has 0 aliphatic heterocycles. The molecule has 0 saturated heterocycles. The minimum Gasteiger partial charge on any atom is -0.325 e. The largest absolute Gasteiger partial charge is 0.325 e. The van der Waals surface area contributed by atoms with Crippen molar-refractivity contribution < 1.29 is 4.79 Å². The van der Waals surface area contributed by atoms with E-state index in [1.807, 2.05) is 48.3 Å². The van der Waals surface area contributed by atoms with Gasteiger partial charge < -0.3 is 5.32 Å². The molecule has 0 unspecified atom stereocenters. The van der Waals surface area contributed by atoms with Gasteiger partial charge in [-0.3, -0.25) is 9.69 Å². The van der Waals surface area contributed by atoms with Crippen LogP contribution in [0.3, 0.4) is 0 Å². The third kappa shape index (κ3) is 5.13. The first-order valence-corrected chi connectivity index (χ1v) is 7.91. The summed E-state index contributed by atoms with van der Waals surface area (Å²) in [7, 11) is 1.95. The van der Waals surface area contributed by atoms with E-state index in [0.29, 0.717) is 6.54 Å². The van der Waals surface area contributed by atoms with Crippen molar-refractivity contribution in [1.29, 1.82) is 0 Å². The van der Waals surface area contributed by atoms with Crippen LogP contribution in [0.2, 0.25) is 0 Å². The van der Waals surface area contributed by atoms with Crippen molar-refractivity contribution in [2.24, 2.45) is 0 Å². The summed E-state index contributed by atoms with van der Waals surface area (Å²) >= 11 is 2.28. The van der Waals surface area contributed by atoms with Crippen LogP contribution in [0.15, 0.2) is 48.5 Å². The lowest BCUT2D eigenvalue weighted by Gasteiger charge is -2.16. The van der Waals surface area contributed by atoms with E-state index in [1.165, 1.54) is 11.1 Å². The summed E-state index contributed by atoms with van der Waals surface area (Å²) in [6, 6.07) is 16.1. The first kappa shape index (κ1) is 16.0. The number of hydrogen-bond donors (Lipinski definition) is 1. The molecule has 1 N–H and O–H groups in total. The fourth-order valence-electron chi connectivity index (χ4n) is 2.07. The average molecular weight is 394 g/mol. The molecule has 110 valence electrons. The van der Waals surface area contributed by atoms with E-state index in [-0.39, 0.29) is 5.91 Å². The van der Waals surface area contributed by atoms with Crippen LogP contribution in [0.5, 0.6) is 0 Å². The van der Waals surface area contributed by atoms with Crippen molar-refractivity contribution in [3.63, 3.8) is 0 Å². The zero-order valence-corrected chi connectivity index (χ0v) is 14.4. The van der Waals surface area contributed by atoms with Gasteiger partial charge in [0.05, 0.1) is 6.54 Å². The van der Waals surface area contributed by atoms with Crippen LogP contribution >= 0.6 is 22.6 Å². The van der Waals surface area contributed by atoms with Gasteiger partial charge in [-0.1, -0.05) is 36.4 Å². The van der Waals surface area contributed by atoms with Gasteiger partial charge in [-0.15, -0.1) is 0 Å². The van der Waals surface area contributed by atoms with Gasteiger partial charge in [0.15, 0.2) is 0 Å². The number of carbonyl (C=O) groups excluding carboxylic acids is 1. The van der Waals surface area contributed by atoms with E-state index in [0.717, 1.165) is 15.8 Å². The Kier molecular flexibility index (Phi) is 5.76. The molecule has 0 aliphatic carbocycles. The highest BCUT2D eigenvalue weighted by Gasteiger charge is 2.08. The van der Waals surface area contributed by atoms with Crippen molar-refractivity contribution in [2.75, 3.05) is 18.9 Å². The first-order chi connectivity index (χ1) is 10.0. The molecule has 1 amide bonds. The van der Waals surface area contributed by atoms with Gasteiger partial charge in [-0.25, -0.2) is 0 Å². The zero-order valence-electron chi connectivity index (χ0n) is 12.3. The summed E-state index contributed by atoms with van der Waals surface area (Å²) in [5.41, 5.74) is 3.27. The number of carbonyl (C=O) groups is 1. The van der Waals surface area contributed by atoms with Crippen LogP contribution in [0.4, 0.5) is 5.69 Å². The number of aryl methyl sites for hydroxylation is 1. The first-order valence-electron chi connectivity index (χ1n) is 6.83. The predicted octanol–water partition coefficient (Wildman–Crippen LogP) is 3.67. The molecular formula is C17H19IN2O. The maximum atomic E-state index is 12.1. The third-order valence-electron chi connectivity index (χ3n) is 3.16. The Morgan fingerprint density at radius 1 is 1.19 bits per heavy atom. The Morgan fingerprint density at radius 2 is 1.90 bits per heavy atom. The minimum atomic E-state index is 0.00749. The highest BCUT2D eigenvalue weighted by atomic mass is 127. The van der Waals surface area contributed by atoms with Gasteiger partial charge in [0.2, 0.25) is 5.91 Å². The Bertz CT molecular complexity index is 613. The Labute approximate surface area is 139 Å². The molecule has 0 fully saturated rings. The lowest BCUT2D eigenvalue weighted by molar-refractivity contribution is -0.117. The van der Waals surface area contributed by atoms with Gasteiger partial charge in [-0.05, 0) is 59.8 Å². The summed E-state index contributed by atoms with van der Waals surface area (Å²) < 4.78 is 1.16. The lowest BCUT2D eigenvalue weighted by Crippen LogP contribution is -2.29. The number of nitrogens with zero attached hydrogens (tertiary/aromatic N) is 1. The normalized spacial score (nSPS) is 10.7. The summed E-state index contributed by atoms with van der Waals surface area (Å²) in [6.07, 6.45) is 0. The third-order valence-corrected chi connectivity index (χ3v) is 4.33. The summed E-state index contributed by atoms with van der Waals surface area (Å²) in [6.45, 7) is 3.19. The lowest BCUT2D eigenvalue weighted by atomic mass is 10.2. The summed E-state index contributed by atoms with van der Waals surface area (Å²) in [5.74, 6) is 0.00749. The number of likely N-dealkylation sites (N-methyl/N-ethyl adjacent to an activating group) is 1. The molecule has 4 heteroatoms. The smallest absolute Gasteiger partial charge is 0.238 e. The molecule has 0 heterocycles. The van der Waals surface area contributed by atoms with Crippen LogP contribution in [0.25, 0.3) is 0 Å². The van der Waals surface area contributed by atoms with E-state index in [1.54, 1.807) is 0 Å². The van der Waals surface area contributed by atoms with Crippen molar-refractivity contribution in [1.82, 2.24) is 4.90 Å². The van der Waals surface area contributed by atoms with Gasteiger partial charge in [0.25, 0.3) is 0 Å². The second kappa shape index (κ2) is 7.56. The molecule has 3 nitrogen and oxygen atoms in total. The van der Waals surface area contributed by atoms with Crippen molar-refractivity contribution in [3.05, 3.63) is 63.2 Å². The Hall–Kier alpha value is -1.40. The number of nitrogens with one attached hydrogen (secondary N) is 1. The number of halogens is 1. The van der Waals surface area contributed by atoms with Crippen LogP contribution < -0.4 is 5.32 Å². The van der Waals surface area contributed by atoms with Crippen LogP contribution in [0, 0.1) is 10.5 Å². The summed E-state index contributed by atoms with van der Waals surface area (Å²) in [5, 5.41) is 2.94. The van der Waals surface area contributed by atoms with E-state index in [4.69, 9.17) is 0 Å². The molecule has 2 rings (SSSR count). The van der Waals surface area contributed by atoms with Crippen molar-refractivity contribution >= 4 is 34.2 Å². The average Bonchev–Trinajstić information content (AvgIpc) is 2.43. The second-order valence-corrected chi connectivity index (χ2v) is 6.33. The number of anilines is 1. The van der Waals surface area contributed by atoms with Gasteiger partial charge in [0.1, 0.15) is 0 Å². The number of amides is 1. The molecular weight excluding hydrogens is 375 g/mol. The number of hydrogen-bond acceptors (Lipinski definition) is 2. The van der Waals surface area contributed by atoms with E-state index in [2.05, 4.69) is 47.0 Å². The SMILES string of the molecule is Cc1ccc(NC(=O)CN(C)Cc2ccccc2)cc1I. The minimum absolute atomic E-state index is 0.00749. The van der Waals surface area contributed by atoms with Gasteiger partial charge in [-0.2, -0.15) is 0 Å². The van der Waals surface area contributed by atoms with Crippen LogP contribution in [0.1, 0.15) is 11.1 Å². The standard InChI is InChI=1S/C17H19IN2O/c1-13-8-9-15(10-16(13)18)19-17(21)12-20(2)11-14-6-4-3-5-7-14/h3-10H,11-12H2,1-2H3,(H,19,21). The fourth-order valence-corrected chi connectivity index (χ4v) is 2.58. The van der Waals surface area contributed by atoms with Gasteiger partial charge >= 0.3 is 0 Å². The monoisotopic (exact) mass is 394 g/mol. The molecule has 0 spiro atoms. The zero-order chi connectivity index (χ0) is 15.2. The van der Waals surface area contributed by atoms with Crippen LogP contribution in [-0.4, -0.2) is 24.4 Å². The molecule has 0 bridgehead atoms. The van der Waals surface area contributed by atoms with E-state index in [9.17, 15) is 4.79 Å². The number of rotatable bonds is 5. The molecule has 0 aliphatic rings. The molecule has 0 radical (unpaired) electrons. The maximum Gasteiger partial charge on any atom is 0.238 e. The van der Waals surface area contributed by atoms with Crippen molar-refractivity contribution in [3.8, 4) is 0 Å². The maximum absolute atomic E-state index is 12.1. The Balaban J connectivity index is 1.87. The molecule has 0 saturated carbocycles. The van der Waals surface area contributed by atoms with Crippen molar-refractivity contribution in [2.45, 2.75) is 13.5 Å². The highest BCUT2D eigenvalue weighted by molar-refractivity contribution is 14.1. The molecule has 0 aromatic heterocycles. The topological polar surface area (TPSA) is 32.3 Å². The predicted molar refractivity (Wildman–Crippen MR) is 95.3 cm³/mol. The highest BCUT2D eigenvalue weighted by Crippen LogP contribution is 2.17. The molecule has 0 atom stereocenters. The number of benzene rings is 2. The van der Waals surface area contributed by atoms with E-state index >= 15 is 0 Å². The molecule has 2 aromatic carbocycles. The quantitative estimate of drug-likeness (QED) is 0.785. The fraction of sp³-hybridized carbons (Fsp3) is 0.235. The second-order valence-electron chi connectivity index (χ2n) is 5.17. The van der Waals surface area contributed by atoms with Gasteiger partial charge in [0, 0.05) is 15.8 Å². The van der Waals surface area contributed by atoms with Crippen LogP contribution in [-0.2, 0) is 11.3 Å². The molecule has 21 heavy (non-hydrogen) atoms. The van der Waals surface area contributed by atoms with E-state index < -0.39 is 0 Å². The molecule has 2 aromatic rings. The summed E-state index contributed by atoms with van der Waals surface area (Å²) in [4.78, 5) is 14.1. The Morgan fingerprint density at radius 3 is 2.57 bits per heavy atom.